The van der Waals surface area contributed by atoms with Gasteiger partial charge in [0.1, 0.15) is 11.5 Å². The minimum Gasteiger partial charge on any atom is -0.355 e. The number of carbonyl (C=O) groups excluding carboxylic acids is 1. The summed E-state index contributed by atoms with van der Waals surface area (Å²) in [7, 11) is -3.88. The van der Waals surface area contributed by atoms with Crippen LogP contribution >= 0.6 is 0 Å². The minimum atomic E-state index is -3.88. The van der Waals surface area contributed by atoms with Crippen molar-refractivity contribution in [2.75, 3.05) is 26.2 Å². The molecule has 0 bridgehead atoms. The van der Waals surface area contributed by atoms with E-state index < -0.39 is 15.8 Å². The van der Waals surface area contributed by atoms with E-state index in [0.717, 1.165) is 19.4 Å². The lowest BCUT2D eigenvalue weighted by Crippen LogP contribution is -2.44. The molecular formula is C24H32FN3O4S. The molecule has 0 atom stereocenters. The molecule has 33 heavy (non-hydrogen) atoms. The Bertz CT molecular complexity index is 1090. The van der Waals surface area contributed by atoms with Gasteiger partial charge in [0, 0.05) is 37.7 Å². The fourth-order valence-corrected chi connectivity index (χ4v) is 5.80. The average molecular weight is 478 g/mol. The molecule has 1 aliphatic rings. The second kappa shape index (κ2) is 11.1. The lowest BCUT2D eigenvalue weighted by molar-refractivity contribution is -0.136. The topological polar surface area (TPSA) is 83.7 Å². The number of amides is 1. The first-order chi connectivity index (χ1) is 15.8. The summed E-state index contributed by atoms with van der Waals surface area (Å²) in [5.41, 5.74) is 0.566. The second-order valence-corrected chi connectivity index (χ2v) is 10.1. The molecule has 1 fully saturated rings. The Balaban J connectivity index is 1.74. The summed E-state index contributed by atoms with van der Waals surface area (Å²) in [4.78, 5) is 14.7. The number of hydrogen-bond acceptors (Lipinski definition) is 5. The number of aromatic nitrogens is 1. The highest BCUT2D eigenvalue weighted by Gasteiger charge is 2.36. The summed E-state index contributed by atoms with van der Waals surface area (Å²) in [5, 5.41) is 3.83. The lowest BCUT2D eigenvalue weighted by Gasteiger charge is -2.33. The van der Waals surface area contributed by atoms with Crippen molar-refractivity contribution in [3.8, 4) is 0 Å². The van der Waals surface area contributed by atoms with Gasteiger partial charge in [-0.25, -0.2) is 12.8 Å². The van der Waals surface area contributed by atoms with Crippen molar-refractivity contribution in [1.29, 1.82) is 0 Å². The van der Waals surface area contributed by atoms with Crippen LogP contribution in [-0.4, -0.2) is 54.9 Å². The van der Waals surface area contributed by atoms with Crippen molar-refractivity contribution < 1.29 is 22.1 Å². The van der Waals surface area contributed by atoms with Crippen LogP contribution in [0.25, 0.3) is 12.2 Å². The van der Waals surface area contributed by atoms with Crippen LogP contribution in [0.15, 0.2) is 33.7 Å². The van der Waals surface area contributed by atoms with Crippen LogP contribution in [0.4, 0.5) is 4.39 Å². The Hall–Kier alpha value is -2.52. The minimum absolute atomic E-state index is 0.0157. The van der Waals surface area contributed by atoms with Gasteiger partial charge in [-0.15, -0.1) is 0 Å². The molecule has 0 saturated carbocycles. The van der Waals surface area contributed by atoms with Crippen molar-refractivity contribution in [2.24, 2.45) is 5.92 Å². The van der Waals surface area contributed by atoms with E-state index in [1.807, 2.05) is 11.8 Å². The number of hydrogen-bond donors (Lipinski definition) is 0. The SMILES string of the molecule is CCCCN(CC)C(=O)C1CCN(S(=O)(=O)c2c(C)noc2C=Cc2ccccc2F)CC1. The molecule has 0 N–H and O–H groups in total. The van der Waals surface area contributed by atoms with Crippen molar-refractivity contribution in [3.63, 3.8) is 0 Å². The van der Waals surface area contributed by atoms with Crippen LogP contribution in [0.3, 0.4) is 0 Å². The van der Waals surface area contributed by atoms with Crippen LogP contribution in [0.2, 0.25) is 0 Å². The van der Waals surface area contributed by atoms with E-state index in [1.54, 1.807) is 25.1 Å². The Morgan fingerprint density at radius 2 is 1.94 bits per heavy atom. The monoisotopic (exact) mass is 477 g/mol. The average Bonchev–Trinajstić information content (AvgIpc) is 3.20. The summed E-state index contributed by atoms with van der Waals surface area (Å²) in [6.07, 6.45) is 5.83. The second-order valence-electron chi connectivity index (χ2n) is 8.27. The molecule has 1 saturated heterocycles. The van der Waals surface area contributed by atoms with Gasteiger partial charge in [0.15, 0.2) is 10.7 Å². The Labute approximate surface area is 195 Å². The van der Waals surface area contributed by atoms with E-state index in [9.17, 15) is 17.6 Å². The summed E-state index contributed by atoms with van der Waals surface area (Å²) < 4.78 is 47.4. The van der Waals surface area contributed by atoms with Crippen LogP contribution in [-0.2, 0) is 14.8 Å². The van der Waals surface area contributed by atoms with Crippen molar-refractivity contribution in [3.05, 3.63) is 47.1 Å². The number of halogens is 1. The summed E-state index contributed by atoms with van der Waals surface area (Å²) >= 11 is 0. The van der Waals surface area contributed by atoms with E-state index in [-0.39, 0.29) is 41.3 Å². The fraction of sp³-hybridized carbons (Fsp3) is 0.500. The van der Waals surface area contributed by atoms with E-state index in [1.165, 1.54) is 22.5 Å². The highest BCUT2D eigenvalue weighted by Crippen LogP contribution is 2.30. The van der Waals surface area contributed by atoms with E-state index in [4.69, 9.17) is 4.52 Å². The third-order valence-electron chi connectivity index (χ3n) is 6.03. The maximum Gasteiger partial charge on any atom is 0.248 e. The highest BCUT2D eigenvalue weighted by molar-refractivity contribution is 7.89. The van der Waals surface area contributed by atoms with Gasteiger partial charge in [-0.05, 0) is 51.3 Å². The number of rotatable bonds is 9. The van der Waals surface area contributed by atoms with Gasteiger partial charge in [-0.3, -0.25) is 4.79 Å². The van der Waals surface area contributed by atoms with Crippen LogP contribution in [0, 0.1) is 18.7 Å². The zero-order valence-electron chi connectivity index (χ0n) is 19.5. The number of benzene rings is 1. The molecule has 1 aromatic heterocycles. The Morgan fingerprint density at radius 3 is 2.58 bits per heavy atom. The van der Waals surface area contributed by atoms with Crippen molar-refractivity contribution in [2.45, 2.75) is 51.3 Å². The number of carbonyl (C=O) groups is 1. The summed E-state index contributed by atoms with van der Waals surface area (Å²) in [6, 6.07) is 6.19. The largest absolute Gasteiger partial charge is 0.355 e. The predicted molar refractivity (Wildman–Crippen MR) is 125 cm³/mol. The van der Waals surface area contributed by atoms with Crippen molar-refractivity contribution >= 4 is 28.1 Å². The molecule has 2 heterocycles. The molecule has 1 aliphatic heterocycles. The molecule has 0 spiro atoms. The molecular weight excluding hydrogens is 445 g/mol. The zero-order valence-corrected chi connectivity index (χ0v) is 20.3. The molecule has 1 amide bonds. The van der Waals surface area contributed by atoms with E-state index in [0.29, 0.717) is 24.9 Å². The van der Waals surface area contributed by atoms with Crippen LogP contribution < -0.4 is 0 Å². The molecule has 0 radical (unpaired) electrons. The van der Waals surface area contributed by atoms with Gasteiger partial charge in [0.25, 0.3) is 0 Å². The summed E-state index contributed by atoms with van der Waals surface area (Å²) in [5.74, 6) is -0.415. The maximum atomic E-state index is 13.9. The molecule has 7 nitrogen and oxygen atoms in total. The number of sulfonamides is 1. The molecule has 0 unspecified atom stereocenters. The van der Waals surface area contributed by atoms with Gasteiger partial charge < -0.3 is 9.42 Å². The van der Waals surface area contributed by atoms with Crippen molar-refractivity contribution in [1.82, 2.24) is 14.4 Å². The quantitative estimate of drug-likeness (QED) is 0.536. The first-order valence-electron chi connectivity index (χ1n) is 11.5. The fourth-order valence-electron chi connectivity index (χ4n) is 4.08. The zero-order chi connectivity index (χ0) is 24.0. The van der Waals surface area contributed by atoms with Gasteiger partial charge >= 0.3 is 0 Å². The third kappa shape index (κ3) is 5.70. The molecule has 3 rings (SSSR count). The van der Waals surface area contributed by atoms with Gasteiger partial charge in [-0.1, -0.05) is 36.7 Å². The molecule has 9 heteroatoms. The first kappa shape index (κ1) is 25.1. The molecule has 1 aromatic carbocycles. The Kier molecular flexibility index (Phi) is 8.42. The van der Waals surface area contributed by atoms with Gasteiger partial charge in [0.05, 0.1) is 0 Å². The van der Waals surface area contributed by atoms with E-state index >= 15 is 0 Å². The molecule has 180 valence electrons. The lowest BCUT2D eigenvalue weighted by atomic mass is 9.96. The van der Waals surface area contributed by atoms with Gasteiger partial charge in [0.2, 0.25) is 15.9 Å². The van der Waals surface area contributed by atoms with Crippen LogP contribution in [0.5, 0.6) is 0 Å². The first-order valence-corrected chi connectivity index (χ1v) is 12.9. The Morgan fingerprint density at radius 1 is 1.24 bits per heavy atom. The maximum absolute atomic E-state index is 13.9. The summed E-state index contributed by atoms with van der Waals surface area (Å²) in [6.45, 7) is 7.54. The van der Waals surface area contributed by atoms with E-state index in [2.05, 4.69) is 12.1 Å². The normalized spacial score (nSPS) is 15.9. The molecule has 0 aliphatic carbocycles. The van der Waals surface area contributed by atoms with Gasteiger partial charge in [-0.2, -0.15) is 4.31 Å². The highest BCUT2D eigenvalue weighted by atomic mass is 32.2. The van der Waals surface area contributed by atoms with Crippen LogP contribution in [0.1, 0.15) is 56.5 Å². The number of nitrogens with zero attached hydrogens (tertiary/aromatic N) is 3. The standard InChI is InChI=1S/C24H32FN3O4S/c1-4-6-15-27(5-2)24(29)20-13-16-28(17-14-20)33(30,31)23-18(3)26-32-22(23)12-11-19-9-7-8-10-21(19)25/h7-12,20H,4-6,13-17H2,1-3H3. The number of piperidine rings is 1. The number of aryl methyl sites for hydroxylation is 1. The number of unbranched alkanes of at least 4 members (excludes halogenated alkanes) is 1. The predicted octanol–water partition coefficient (Wildman–Crippen LogP) is 4.34. The molecule has 2 aromatic rings. The third-order valence-corrected chi connectivity index (χ3v) is 8.09. The smallest absolute Gasteiger partial charge is 0.248 e.